The van der Waals surface area contributed by atoms with Crippen molar-refractivity contribution < 1.29 is 13.9 Å². The number of carbonyl (C=O) groups is 1. The summed E-state index contributed by atoms with van der Waals surface area (Å²) in [5.41, 5.74) is 2.82. The van der Waals surface area contributed by atoms with Crippen LogP contribution in [0.5, 0.6) is 0 Å². The molecular formula is C23H25FN6O2. The van der Waals surface area contributed by atoms with Crippen molar-refractivity contribution in [2.45, 2.75) is 0 Å². The summed E-state index contributed by atoms with van der Waals surface area (Å²) in [6.07, 6.45) is 1.10. The highest BCUT2D eigenvalue weighted by Gasteiger charge is 2.14. The first kappa shape index (κ1) is 21.5. The van der Waals surface area contributed by atoms with E-state index in [2.05, 4.69) is 49.6 Å². The van der Waals surface area contributed by atoms with Crippen molar-refractivity contribution in [3.05, 3.63) is 66.1 Å². The summed E-state index contributed by atoms with van der Waals surface area (Å²) in [7, 11) is 3.44. The minimum atomic E-state index is -0.607. The van der Waals surface area contributed by atoms with Gasteiger partial charge in [-0.1, -0.05) is 6.07 Å². The molecule has 1 aromatic heterocycles. The van der Waals surface area contributed by atoms with E-state index in [1.807, 2.05) is 12.1 Å². The van der Waals surface area contributed by atoms with E-state index < -0.39 is 11.8 Å². The maximum atomic E-state index is 14.3. The van der Waals surface area contributed by atoms with Gasteiger partial charge in [0, 0.05) is 43.2 Å². The van der Waals surface area contributed by atoms with E-state index in [0.29, 0.717) is 11.3 Å². The van der Waals surface area contributed by atoms with Crippen molar-refractivity contribution in [1.82, 2.24) is 14.9 Å². The number of ether oxygens (including phenoxy) is 1. The Morgan fingerprint density at radius 3 is 2.50 bits per heavy atom. The Kier molecular flexibility index (Phi) is 6.46. The van der Waals surface area contributed by atoms with Gasteiger partial charge >= 0.3 is 5.97 Å². The number of hydrogen-bond acceptors (Lipinski definition) is 8. The Balaban J connectivity index is 1.45. The molecule has 1 saturated heterocycles. The molecule has 0 bridgehead atoms. The Morgan fingerprint density at radius 2 is 1.78 bits per heavy atom. The molecule has 0 radical (unpaired) electrons. The molecule has 8 nitrogen and oxygen atoms in total. The van der Waals surface area contributed by atoms with Crippen LogP contribution in [0.1, 0.15) is 10.4 Å². The van der Waals surface area contributed by atoms with Crippen LogP contribution in [-0.2, 0) is 4.74 Å². The average Bonchev–Trinajstić information content (AvgIpc) is 2.82. The van der Waals surface area contributed by atoms with Crippen LogP contribution >= 0.6 is 0 Å². The molecule has 0 spiro atoms. The molecule has 166 valence electrons. The van der Waals surface area contributed by atoms with Gasteiger partial charge in [0.15, 0.2) is 11.6 Å². The SMILES string of the molecule is COC(=O)c1cccc(Nc2nc(Nc3ccc(N4CCN(C)CC4)cc3)ncc2F)c1. The number of nitrogens with zero attached hydrogens (tertiary/aromatic N) is 4. The molecule has 2 heterocycles. The van der Waals surface area contributed by atoms with E-state index in [4.69, 9.17) is 4.74 Å². The predicted molar refractivity (Wildman–Crippen MR) is 122 cm³/mol. The molecule has 2 aromatic carbocycles. The number of hydrogen-bond donors (Lipinski definition) is 2. The summed E-state index contributed by atoms with van der Waals surface area (Å²) in [5, 5.41) is 5.99. The first-order valence-electron chi connectivity index (χ1n) is 10.3. The number of likely N-dealkylation sites (N-methyl/N-ethyl adjacent to an activating group) is 1. The third-order valence-electron chi connectivity index (χ3n) is 5.28. The minimum Gasteiger partial charge on any atom is -0.465 e. The van der Waals surface area contributed by atoms with Crippen LogP contribution in [0, 0.1) is 5.82 Å². The van der Waals surface area contributed by atoms with Crippen LogP contribution in [0.4, 0.5) is 33.2 Å². The van der Waals surface area contributed by atoms with Crippen LogP contribution in [0.25, 0.3) is 0 Å². The zero-order valence-corrected chi connectivity index (χ0v) is 18.0. The molecular weight excluding hydrogens is 411 g/mol. The lowest BCUT2D eigenvalue weighted by molar-refractivity contribution is 0.0601. The van der Waals surface area contributed by atoms with E-state index in [0.717, 1.165) is 43.8 Å². The number of benzene rings is 2. The zero-order valence-electron chi connectivity index (χ0n) is 18.0. The largest absolute Gasteiger partial charge is 0.465 e. The first-order chi connectivity index (χ1) is 15.5. The van der Waals surface area contributed by atoms with Gasteiger partial charge in [-0.05, 0) is 49.5 Å². The highest BCUT2D eigenvalue weighted by molar-refractivity contribution is 5.90. The van der Waals surface area contributed by atoms with E-state index >= 15 is 0 Å². The van der Waals surface area contributed by atoms with Crippen LogP contribution in [0.2, 0.25) is 0 Å². The summed E-state index contributed by atoms with van der Waals surface area (Å²) >= 11 is 0. The maximum absolute atomic E-state index is 14.3. The lowest BCUT2D eigenvalue weighted by atomic mass is 10.2. The second kappa shape index (κ2) is 9.61. The summed E-state index contributed by atoms with van der Waals surface area (Å²) in [5.74, 6) is -0.826. The zero-order chi connectivity index (χ0) is 22.5. The van der Waals surface area contributed by atoms with E-state index in [9.17, 15) is 9.18 Å². The molecule has 9 heteroatoms. The van der Waals surface area contributed by atoms with Crippen LogP contribution in [0.15, 0.2) is 54.7 Å². The molecule has 0 atom stereocenters. The Morgan fingerprint density at radius 1 is 1.03 bits per heavy atom. The maximum Gasteiger partial charge on any atom is 0.337 e. The number of nitrogens with one attached hydrogen (secondary N) is 2. The van der Waals surface area contributed by atoms with Crippen molar-refractivity contribution in [1.29, 1.82) is 0 Å². The number of aromatic nitrogens is 2. The summed E-state index contributed by atoms with van der Waals surface area (Å²) < 4.78 is 19.0. The quantitative estimate of drug-likeness (QED) is 0.567. The first-order valence-corrected chi connectivity index (χ1v) is 10.3. The van der Waals surface area contributed by atoms with E-state index in [1.54, 1.807) is 24.3 Å². The highest BCUT2D eigenvalue weighted by atomic mass is 19.1. The molecule has 32 heavy (non-hydrogen) atoms. The number of methoxy groups -OCH3 is 1. The molecule has 1 fully saturated rings. The Bertz CT molecular complexity index is 1080. The lowest BCUT2D eigenvalue weighted by Gasteiger charge is -2.34. The molecule has 4 rings (SSSR count). The third kappa shape index (κ3) is 5.12. The molecule has 1 aliphatic rings. The van der Waals surface area contributed by atoms with Crippen LogP contribution in [-0.4, -0.2) is 61.2 Å². The summed E-state index contributed by atoms with van der Waals surface area (Å²) in [6, 6.07) is 14.6. The van der Waals surface area contributed by atoms with Crippen molar-refractivity contribution in [2.75, 3.05) is 55.9 Å². The van der Waals surface area contributed by atoms with Crippen LogP contribution < -0.4 is 15.5 Å². The molecule has 2 N–H and O–H groups in total. The second-order valence-corrected chi connectivity index (χ2v) is 7.55. The number of halogens is 1. The minimum absolute atomic E-state index is 0.00132. The van der Waals surface area contributed by atoms with Gasteiger partial charge in [-0.15, -0.1) is 0 Å². The van der Waals surface area contributed by atoms with Crippen molar-refractivity contribution in [3.63, 3.8) is 0 Å². The van der Waals surface area contributed by atoms with E-state index in [-0.39, 0.29) is 11.8 Å². The number of anilines is 5. The number of rotatable bonds is 6. The predicted octanol–water partition coefficient (Wildman–Crippen LogP) is 3.64. The fourth-order valence-electron chi connectivity index (χ4n) is 3.44. The number of esters is 1. The molecule has 3 aromatic rings. The van der Waals surface area contributed by atoms with Gasteiger partial charge in [-0.2, -0.15) is 4.98 Å². The monoisotopic (exact) mass is 436 g/mol. The van der Waals surface area contributed by atoms with Gasteiger partial charge in [-0.25, -0.2) is 14.2 Å². The van der Waals surface area contributed by atoms with Gasteiger partial charge in [0.25, 0.3) is 0 Å². The summed E-state index contributed by atoms with van der Waals surface area (Å²) in [4.78, 5) is 24.6. The molecule has 0 unspecified atom stereocenters. The normalized spacial score (nSPS) is 14.2. The summed E-state index contributed by atoms with van der Waals surface area (Å²) in [6.45, 7) is 4.08. The van der Waals surface area contributed by atoms with Gasteiger partial charge < -0.3 is 25.2 Å². The smallest absolute Gasteiger partial charge is 0.337 e. The van der Waals surface area contributed by atoms with Gasteiger partial charge in [0.05, 0.1) is 18.9 Å². The van der Waals surface area contributed by atoms with Gasteiger partial charge in [-0.3, -0.25) is 0 Å². The second-order valence-electron chi connectivity index (χ2n) is 7.55. The molecule has 1 aliphatic heterocycles. The van der Waals surface area contributed by atoms with Crippen LogP contribution in [0.3, 0.4) is 0 Å². The van der Waals surface area contributed by atoms with Crippen molar-refractivity contribution in [3.8, 4) is 0 Å². The standard InChI is InChI=1S/C23H25FN6O2/c1-29-10-12-30(13-11-29)19-8-6-17(7-9-19)27-23-25-15-20(24)21(28-23)26-18-5-3-4-16(14-18)22(31)32-2/h3-9,14-15H,10-13H2,1-2H3,(H2,25,26,27,28). The number of piperazine rings is 1. The Labute approximate surface area is 186 Å². The fraction of sp³-hybridized carbons (Fsp3) is 0.261. The number of carbonyl (C=O) groups excluding carboxylic acids is 1. The molecule has 0 amide bonds. The van der Waals surface area contributed by atoms with E-state index in [1.165, 1.54) is 7.11 Å². The van der Waals surface area contributed by atoms with Gasteiger partial charge in [0.2, 0.25) is 5.95 Å². The molecule has 0 aliphatic carbocycles. The van der Waals surface area contributed by atoms with Crippen molar-refractivity contribution in [2.24, 2.45) is 0 Å². The lowest BCUT2D eigenvalue weighted by Crippen LogP contribution is -2.44. The average molecular weight is 436 g/mol. The third-order valence-corrected chi connectivity index (χ3v) is 5.28. The Hall–Kier alpha value is -3.72. The topological polar surface area (TPSA) is 82.6 Å². The molecule has 0 saturated carbocycles. The van der Waals surface area contributed by atoms with Crippen molar-refractivity contribution >= 4 is 34.8 Å². The highest BCUT2D eigenvalue weighted by Crippen LogP contribution is 2.23. The van der Waals surface area contributed by atoms with Gasteiger partial charge in [0.1, 0.15) is 0 Å². The fourth-order valence-corrected chi connectivity index (χ4v) is 3.44.